The molecule has 1 aliphatic rings. The third-order valence-electron chi connectivity index (χ3n) is 4.84. The summed E-state index contributed by atoms with van der Waals surface area (Å²) < 4.78 is 7.30. The number of rotatable bonds is 9. The number of aromatic nitrogens is 3. The number of ether oxygens (including phenoxy) is 1. The van der Waals surface area contributed by atoms with Crippen LogP contribution in [0.5, 0.6) is 0 Å². The third kappa shape index (κ3) is 4.57. The lowest BCUT2D eigenvalue weighted by Gasteiger charge is -2.11. The van der Waals surface area contributed by atoms with Crippen molar-refractivity contribution in [1.82, 2.24) is 14.8 Å². The fourth-order valence-electron chi connectivity index (χ4n) is 3.06. The molecule has 10 nitrogen and oxygen atoms in total. The lowest BCUT2D eigenvalue weighted by Crippen LogP contribution is -2.24. The molecule has 4 rings (SSSR count). The molecular weight excluding hydrogens is 422 g/mol. The minimum absolute atomic E-state index is 0.0131. The molecule has 1 aliphatic carbocycles. The number of hydrogen-bond acceptors (Lipinski definition) is 8. The van der Waals surface area contributed by atoms with E-state index in [0.29, 0.717) is 35.5 Å². The number of fused-ring (bicyclic) bond motifs is 1. The van der Waals surface area contributed by atoms with E-state index in [4.69, 9.17) is 4.74 Å². The van der Waals surface area contributed by atoms with Gasteiger partial charge in [-0.3, -0.25) is 9.59 Å². The Hall–Kier alpha value is -3.31. The summed E-state index contributed by atoms with van der Waals surface area (Å²) in [6.07, 6.45) is 4.47. The lowest BCUT2D eigenvalue weighted by molar-refractivity contribution is -0.117. The summed E-state index contributed by atoms with van der Waals surface area (Å²) in [5, 5.41) is 21.6. The van der Waals surface area contributed by atoms with Crippen LogP contribution in [0.15, 0.2) is 28.6 Å². The first-order valence-electron chi connectivity index (χ1n) is 9.84. The van der Waals surface area contributed by atoms with Crippen molar-refractivity contribution in [3.63, 3.8) is 0 Å². The van der Waals surface area contributed by atoms with E-state index in [9.17, 15) is 19.5 Å². The highest BCUT2D eigenvalue weighted by Crippen LogP contribution is 2.33. The standard InChI is InChI=1S/C20H21N5O5S/c1-2-30-6-5-25-19(27)17-14(10-31-15(17)9-22-25)23-13-7-16(21-8-12(13)20(28)29)24-18(26)11-3-4-11/h7-11H,2-6H2,1H3,(H,28,29)(H2,21,23,24,26). The van der Waals surface area contributed by atoms with E-state index in [1.807, 2.05) is 6.92 Å². The van der Waals surface area contributed by atoms with Crippen LogP contribution in [0.3, 0.4) is 0 Å². The van der Waals surface area contributed by atoms with Gasteiger partial charge in [0.1, 0.15) is 11.4 Å². The van der Waals surface area contributed by atoms with E-state index in [2.05, 4.69) is 20.7 Å². The fourth-order valence-corrected chi connectivity index (χ4v) is 3.90. The monoisotopic (exact) mass is 443 g/mol. The largest absolute Gasteiger partial charge is 0.478 e. The number of aromatic carboxylic acids is 1. The van der Waals surface area contributed by atoms with Gasteiger partial charge in [0, 0.05) is 30.2 Å². The second-order valence-electron chi connectivity index (χ2n) is 7.07. The van der Waals surface area contributed by atoms with Gasteiger partial charge in [-0.15, -0.1) is 11.3 Å². The van der Waals surface area contributed by atoms with Gasteiger partial charge < -0.3 is 20.5 Å². The molecule has 0 radical (unpaired) electrons. The predicted octanol–water partition coefficient (Wildman–Crippen LogP) is 2.68. The molecule has 162 valence electrons. The summed E-state index contributed by atoms with van der Waals surface area (Å²) in [5.41, 5.74) is 0.319. The first-order chi connectivity index (χ1) is 15.0. The Labute approximate surface area is 180 Å². The SMILES string of the molecule is CCOCCn1ncc2scc(Nc3cc(NC(=O)C4CC4)ncc3C(=O)O)c2c1=O. The second-order valence-corrected chi connectivity index (χ2v) is 7.98. The normalized spacial score (nSPS) is 13.3. The highest BCUT2D eigenvalue weighted by molar-refractivity contribution is 7.17. The van der Waals surface area contributed by atoms with E-state index < -0.39 is 5.97 Å². The molecule has 0 atom stereocenters. The molecule has 3 N–H and O–H groups in total. The summed E-state index contributed by atoms with van der Waals surface area (Å²) in [4.78, 5) is 40.7. The van der Waals surface area contributed by atoms with Gasteiger partial charge in [-0.2, -0.15) is 5.10 Å². The van der Waals surface area contributed by atoms with Gasteiger partial charge >= 0.3 is 5.97 Å². The number of thiophene rings is 1. The van der Waals surface area contributed by atoms with Gasteiger partial charge in [0.2, 0.25) is 5.91 Å². The van der Waals surface area contributed by atoms with E-state index in [0.717, 1.165) is 12.8 Å². The number of carboxylic acids is 1. The maximum Gasteiger partial charge on any atom is 0.339 e. The van der Waals surface area contributed by atoms with Crippen LogP contribution < -0.4 is 16.2 Å². The molecule has 0 bridgehead atoms. The lowest BCUT2D eigenvalue weighted by atomic mass is 10.2. The van der Waals surface area contributed by atoms with Crippen LogP contribution in [0.25, 0.3) is 10.1 Å². The maximum absolute atomic E-state index is 12.9. The van der Waals surface area contributed by atoms with Crippen LogP contribution in [0.2, 0.25) is 0 Å². The summed E-state index contributed by atoms with van der Waals surface area (Å²) in [7, 11) is 0. The van der Waals surface area contributed by atoms with E-state index in [1.54, 1.807) is 11.6 Å². The van der Waals surface area contributed by atoms with Crippen LogP contribution in [0.4, 0.5) is 17.2 Å². The Morgan fingerprint density at radius 1 is 1.32 bits per heavy atom. The van der Waals surface area contributed by atoms with E-state index in [1.165, 1.54) is 28.3 Å². The molecule has 0 unspecified atom stereocenters. The number of anilines is 3. The van der Waals surface area contributed by atoms with Crippen LogP contribution in [0, 0.1) is 5.92 Å². The quantitative estimate of drug-likeness (QED) is 0.430. The minimum Gasteiger partial charge on any atom is -0.478 e. The third-order valence-corrected chi connectivity index (χ3v) is 5.75. The molecular formula is C20H21N5O5S. The molecule has 0 aromatic carbocycles. The first-order valence-corrected chi connectivity index (χ1v) is 10.7. The van der Waals surface area contributed by atoms with Crippen molar-refractivity contribution in [2.45, 2.75) is 26.3 Å². The molecule has 1 amide bonds. The molecule has 3 aromatic heterocycles. The number of pyridine rings is 1. The van der Waals surface area contributed by atoms with Crippen molar-refractivity contribution >= 4 is 50.5 Å². The summed E-state index contributed by atoms with van der Waals surface area (Å²) in [6.45, 7) is 3.09. The molecule has 31 heavy (non-hydrogen) atoms. The zero-order chi connectivity index (χ0) is 22.0. The topological polar surface area (TPSA) is 135 Å². The van der Waals surface area contributed by atoms with E-state index in [-0.39, 0.29) is 34.5 Å². The first kappa shape index (κ1) is 20.9. The van der Waals surface area contributed by atoms with Gasteiger partial charge in [0.25, 0.3) is 5.56 Å². The van der Waals surface area contributed by atoms with Gasteiger partial charge in [-0.25, -0.2) is 14.5 Å². The van der Waals surface area contributed by atoms with Crippen LogP contribution >= 0.6 is 11.3 Å². The minimum atomic E-state index is -1.18. The highest BCUT2D eigenvalue weighted by Gasteiger charge is 2.30. The average molecular weight is 443 g/mol. The number of nitrogens with one attached hydrogen (secondary N) is 2. The number of amides is 1. The van der Waals surface area contributed by atoms with Crippen molar-refractivity contribution < 1.29 is 19.4 Å². The predicted molar refractivity (Wildman–Crippen MR) is 116 cm³/mol. The zero-order valence-electron chi connectivity index (χ0n) is 16.8. The van der Waals surface area contributed by atoms with Gasteiger partial charge in [0.15, 0.2) is 0 Å². The summed E-state index contributed by atoms with van der Waals surface area (Å²) >= 11 is 1.32. The van der Waals surface area contributed by atoms with Crippen molar-refractivity contribution in [3.05, 3.63) is 39.8 Å². The number of hydrogen-bond donors (Lipinski definition) is 3. The van der Waals surface area contributed by atoms with Gasteiger partial charge in [-0.05, 0) is 19.8 Å². The van der Waals surface area contributed by atoms with Crippen molar-refractivity contribution in [2.24, 2.45) is 5.92 Å². The summed E-state index contributed by atoms with van der Waals surface area (Å²) in [5.74, 6) is -1.07. The Balaban J connectivity index is 1.67. The molecule has 1 saturated carbocycles. The highest BCUT2D eigenvalue weighted by atomic mass is 32.1. The van der Waals surface area contributed by atoms with Crippen LogP contribution in [-0.2, 0) is 16.1 Å². The zero-order valence-corrected chi connectivity index (χ0v) is 17.6. The molecule has 3 aromatic rings. The Morgan fingerprint density at radius 2 is 2.13 bits per heavy atom. The van der Waals surface area contributed by atoms with E-state index >= 15 is 0 Å². The Morgan fingerprint density at radius 3 is 2.84 bits per heavy atom. The summed E-state index contributed by atoms with van der Waals surface area (Å²) in [6, 6.07) is 1.46. The number of carboxylic acid groups (broad SMARTS) is 1. The molecule has 0 spiro atoms. The number of nitrogens with zero attached hydrogens (tertiary/aromatic N) is 3. The van der Waals surface area contributed by atoms with Crippen molar-refractivity contribution in [3.8, 4) is 0 Å². The van der Waals surface area contributed by atoms with Crippen molar-refractivity contribution in [2.75, 3.05) is 23.8 Å². The number of carbonyl (C=O) groups is 2. The Kier molecular flexibility index (Phi) is 5.96. The number of carbonyl (C=O) groups excluding carboxylic acids is 1. The maximum atomic E-state index is 12.9. The van der Waals surface area contributed by atoms with Gasteiger partial charge in [-0.1, -0.05) is 0 Å². The van der Waals surface area contributed by atoms with Gasteiger partial charge in [0.05, 0.1) is 40.8 Å². The molecule has 0 aliphatic heterocycles. The smallest absolute Gasteiger partial charge is 0.339 e. The van der Waals surface area contributed by atoms with Crippen LogP contribution in [-0.4, -0.2) is 45.0 Å². The molecule has 3 heterocycles. The molecule has 1 fully saturated rings. The second kappa shape index (κ2) is 8.82. The van der Waals surface area contributed by atoms with Crippen molar-refractivity contribution in [1.29, 1.82) is 0 Å². The Bertz CT molecular complexity index is 1200. The molecule has 11 heteroatoms. The average Bonchev–Trinajstić information content (AvgIpc) is 3.52. The van der Waals surface area contributed by atoms with Crippen LogP contribution in [0.1, 0.15) is 30.1 Å². The molecule has 0 saturated heterocycles. The fraction of sp³-hybridized carbons (Fsp3) is 0.350.